The molecular weight excluding hydrogens is 294 g/mol. The highest BCUT2D eigenvalue weighted by Gasteiger charge is 2.21. The van der Waals surface area contributed by atoms with Crippen LogP contribution in [0.1, 0.15) is 23.2 Å². The van der Waals surface area contributed by atoms with E-state index in [1.54, 1.807) is 0 Å². The third-order valence-electron chi connectivity index (χ3n) is 3.63. The van der Waals surface area contributed by atoms with Crippen LogP contribution in [0.25, 0.3) is 0 Å². The fourth-order valence-electron chi connectivity index (χ4n) is 2.42. The molecule has 6 nitrogen and oxygen atoms in total. The van der Waals surface area contributed by atoms with Crippen LogP contribution < -0.4 is 10.6 Å². The molecule has 21 heavy (non-hydrogen) atoms. The lowest BCUT2D eigenvalue weighted by molar-refractivity contribution is 0.0698. The SMILES string of the molecule is CN1CCCC1CNC(=O)Nc1ccc(Cl)cc1C(=O)O. The monoisotopic (exact) mass is 311 g/mol. The molecule has 1 aromatic carbocycles. The van der Waals surface area contributed by atoms with Crippen molar-refractivity contribution < 1.29 is 14.7 Å². The number of likely N-dealkylation sites (N-methyl/N-ethyl adjacent to an activating group) is 1. The van der Waals surface area contributed by atoms with Gasteiger partial charge in [-0.2, -0.15) is 0 Å². The predicted molar refractivity (Wildman–Crippen MR) is 81.1 cm³/mol. The number of halogens is 1. The molecule has 114 valence electrons. The molecule has 1 aliphatic rings. The average Bonchev–Trinajstić information content (AvgIpc) is 2.84. The molecule has 0 aromatic heterocycles. The summed E-state index contributed by atoms with van der Waals surface area (Å²) in [5.74, 6) is -1.14. The third kappa shape index (κ3) is 4.09. The maximum absolute atomic E-state index is 11.9. The summed E-state index contributed by atoms with van der Waals surface area (Å²) in [6, 6.07) is 4.24. The summed E-state index contributed by atoms with van der Waals surface area (Å²) in [5, 5.41) is 14.7. The molecule has 0 bridgehead atoms. The highest BCUT2D eigenvalue weighted by Crippen LogP contribution is 2.20. The summed E-state index contributed by atoms with van der Waals surface area (Å²) < 4.78 is 0. The Kier molecular flexibility index (Phi) is 5.03. The highest BCUT2D eigenvalue weighted by molar-refractivity contribution is 6.31. The Morgan fingerprint density at radius 1 is 1.48 bits per heavy atom. The van der Waals surface area contributed by atoms with Crippen molar-refractivity contribution in [2.45, 2.75) is 18.9 Å². The normalized spacial score (nSPS) is 18.5. The molecule has 3 N–H and O–H groups in total. The highest BCUT2D eigenvalue weighted by atomic mass is 35.5. The first-order valence-electron chi connectivity index (χ1n) is 6.75. The molecule has 1 aliphatic heterocycles. The summed E-state index contributed by atoms with van der Waals surface area (Å²) in [5.41, 5.74) is 0.194. The van der Waals surface area contributed by atoms with E-state index in [0.29, 0.717) is 17.6 Å². The fraction of sp³-hybridized carbons (Fsp3) is 0.429. The van der Waals surface area contributed by atoms with Gasteiger partial charge in [0.15, 0.2) is 0 Å². The molecular formula is C14H18ClN3O3. The Bertz CT molecular complexity index is 550. The lowest BCUT2D eigenvalue weighted by atomic mass is 10.2. The van der Waals surface area contributed by atoms with Crippen molar-refractivity contribution in [2.75, 3.05) is 25.5 Å². The number of likely N-dealkylation sites (tertiary alicyclic amines) is 1. The largest absolute Gasteiger partial charge is 0.478 e. The second kappa shape index (κ2) is 6.78. The van der Waals surface area contributed by atoms with E-state index in [-0.39, 0.29) is 11.3 Å². The summed E-state index contributed by atoms with van der Waals surface area (Å²) in [6.45, 7) is 1.58. The van der Waals surface area contributed by atoms with E-state index < -0.39 is 12.0 Å². The van der Waals surface area contributed by atoms with Crippen LogP contribution in [0, 0.1) is 0 Å². The molecule has 1 atom stereocenters. The molecule has 2 amide bonds. The zero-order valence-corrected chi connectivity index (χ0v) is 12.5. The average molecular weight is 312 g/mol. The van der Waals surface area contributed by atoms with Crippen molar-refractivity contribution in [2.24, 2.45) is 0 Å². The van der Waals surface area contributed by atoms with Crippen LogP contribution in [0.3, 0.4) is 0 Å². The number of benzene rings is 1. The molecule has 1 saturated heterocycles. The lowest BCUT2D eigenvalue weighted by Crippen LogP contribution is -2.40. The van der Waals surface area contributed by atoms with E-state index in [1.807, 2.05) is 7.05 Å². The van der Waals surface area contributed by atoms with Crippen molar-refractivity contribution in [3.63, 3.8) is 0 Å². The van der Waals surface area contributed by atoms with Crippen LogP contribution in [-0.4, -0.2) is 48.2 Å². The minimum atomic E-state index is -1.14. The van der Waals surface area contributed by atoms with Crippen LogP contribution >= 0.6 is 11.6 Å². The van der Waals surface area contributed by atoms with Crippen molar-refractivity contribution >= 4 is 29.3 Å². The minimum absolute atomic E-state index is 0.0318. The Morgan fingerprint density at radius 2 is 2.24 bits per heavy atom. The number of carboxylic acid groups (broad SMARTS) is 1. The molecule has 0 saturated carbocycles. The number of amides is 2. The van der Waals surface area contributed by atoms with Gasteiger partial charge in [0.05, 0.1) is 11.3 Å². The number of anilines is 1. The van der Waals surface area contributed by atoms with Crippen LogP contribution in [0.15, 0.2) is 18.2 Å². The molecule has 0 radical (unpaired) electrons. The molecule has 0 spiro atoms. The van der Waals surface area contributed by atoms with Crippen molar-refractivity contribution in [3.8, 4) is 0 Å². The summed E-state index contributed by atoms with van der Waals surface area (Å²) >= 11 is 5.76. The lowest BCUT2D eigenvalue weighted by Gasteiger charge is -2.20. The van der Waals surface area contributed by atoms with Crippen molar-refractivity contribution in [1.29, 1.82) is 0 Å². The van der Waals surface area contributed by atoms with Crippen molar-refractivity contribution in [3.05, 3.63) is 28.8 Å². The number of nitrogens with one attached hydrogen (secondary N) is 2. The predicted octanol–water partition coefficient (Wildman–Crippen LogP) is 2.25. The first-order valence-corrected chi connectivity index (χ1v) is 7.13. The topological polar surface area (TPSA) is 81.7 Å². The van der Waals surface area contributed by atoms with Crippen LogP contribution in [-0.2, 0) is 0 Å². The summed E-state index contributed by atoms with van der Waals surface area (Å²) in [4.78, 5) is 25.2. The van der Waals surface area contributed by atoms with Gasteiger partial charge in [0.1, 0.15) is 0 Å². The van der Waals surface area contributed by atoms with Crippen LogP contribution in [0.5, 0.6) is 0 Å². The molecule has 1 heterocycles. The first-order chi connectivity index (χ1) is 9.97. The maximum Gasteiger partial charge on any atom is 0.337 e. The van der Waals surface area contributed by atoms with Gasteiger partial charge in [-0.1, -0.05) is 11.6 Å². The van der Waals surface area contributed by atoms with Gasteiger partial charge in [-0.25, -0.2) is 9.59 Å². The van der Waals surface area contributed by atoms with E-state index in [1.165, 1.54) is 18.2 Å². The Morgan fingerprint density at radius 3 is 2.86 bits per heavy atom. The molecule has 1 unspecified atom stereocenters. The number of rotatable bonds is 4. The Balaban J connectivity index is 1.95. The number of nitrogens with zero attached hydrogens (tertiary/aromatic N) is 1. The third-order valence-corrected chi connectivity index (χ3v) is 3.87. The second-order valence-corrected chi connectivity index (χ2v) is 5.54. The molecule has 0 aliphatic carbocycles. The van der Waals surface area contributed by atoms with Crippen LogP contribution in [0.2, 0.25) is 5.02 Å². The van der Waals surface area contributed by atoms with Gasteiger partial charge in [0, 0.05) is 17.6 Å². The number of hydrogen-bond donors (Lipinski definition) is 3. The molecule has 1 aromatic rings. The van der Waals surface area contributed by atoms with Crippen molar-refractivity contribution in [1.82, 2.24) is 10.2 Å². The number of hydrogen-bond acceptors (Lipinski definition) is 3. The van der Waals surface area contributed by atoms with E-state index in [2.05, 4.69) is 15.5 Å². The van der Waals surface area contributed by atoms with Gasteiger partial charge in [0.2, 0.25) is 0 Å². The molecule has 1 fully saturated rings. The molecule has 2 rings (SSSR count). The zero-order valence-electron chi connectivity index (χ0n) is 11.7. The number of carbonyl (C=O) groups excluding carboxylic acids is 1. The van der Waals surface area contributed by atoms with E-state index >= 15 is 0 Å². The minimum Gasteiger partial charge on any atom is -0.478 e. The standard InChI is InChI=1S/C14H18ClN3O3/c1-18-6-2-3-10(18)8-16-14(21)17-12-5-4-9(15)7-11(12)13(19)20/h4-5,7,10H,2-3,6,8H2,1H3,(H,19,20)(H2,16,17,21). The zero-order chi connectivity index (χ0) is 15.4. The maximum atomic E-state index is 11.9. The van der Waals surface area contributed by atoms with E-state index in [9.17, 15) is 9.59 Å². The summed E-state index contributed by atoms with van der Waals surface area (Å²) in [6.07, 6.45) is 2.18. The summed E-state index contributed by atoms with van der Waals surface area (Å²) in [7, 11) is 2.03. The number of carboxylic acids is 1. The van der Waals surface area contributed by atoms with Gasteiger partial charge in [0.25, 0.3) is 0 Å². The first kappa shape index (κ1) is 15.6. The van der Waals surface area contributed by atoms with Gasteiger partial charge < -0.3 is 20.6 Å². The Labute approximate surface area is 128 Å². The Hall–Kier alpha value is -1.79. The number of aromatic carboxylic acids is 1. The fourth-order valence-corrected chi connectivity index (χ4v) is 2.59. The molecule has 7 heteroatoms. The van der Waals surface area contributed by atoms with Gasteiger partial charge in [-0.05, 0) is 44.6 Å². The van der Waals surface area contributed by atoms with E-state index in [0.717, 1.165) is 19.4 Å². The number of carbonyl (C=O) groups is 2. The van der Waals surface area contributed by atoms with Gasteiger partial charge in [-0.15, -0.1) is 0 Å². The smallest absolute Gasteiger partial charge is 0.337 e. The van der Waals surface area contributed by atoms with E-state index in [4.69, 9.17) is 16.7 Å². The van der Waals surface area contributed by atoms with Gasteiger partial charge in [-0.3, -0.25) is 0 Å². The number of urea groups is 1. The second-order valence-electron chi connectivity index (χ2n) is 5.11. The quantitative estimate of drug-likeness (QED) is 0.796. The van der Waals surface area contributed by atoms with Crippen LogP contribution in [0.4, 0.5) is 10.5 Å². The van der Waals surface area contributed by atoms with Gasteiger partial charge >= 0.3 is 12.0 Å².